The van der Waals surface area contributed by atoms with E-state index in [0.717, 1.165) is 27.3 Å². The minimum Gasteiger partial charge on any atom is -0.327 e. The lowest BCUT2D eigenvalue weighted by Crippen LogP contribution is -2.31. The van der Waals surface area contributed by atoms with E-state index in [9.17, 15) is 4.79 Å². The second-order valence-electron chi connectivity index (χ2n) is 5.32. The van der Waals surface area contributed by atoms with Gasteiger partial charge in [-0.05, 0) is 73.3 Å². The van der Waals surface area contributed by atoms with Crippen LogP contribution < -0.4 is 10.2 Å². The molecule has 0 bridgehead atoms. The lowest BCUT2D eigenvalue weighted by molar-refractivity contribution is -0.113. The standard InChI is InChI=1S/C17H16N2OS2/c1-10-5-4-6-14(12(10)3)19-16(20)13(18-17(19)21)9-15-11(2)7-8-22-15/h4-9H,1-3H3,(H,18,21)/b13-9-. The van der Waals surface area contributed by atoms with E-state index in [1.54, 1.807) is 16.2 Å². The van der Waals surface area contributed by atoms with Crippen LogP contribution in [0.3, 0.4) is 0 Å². The summed E-state index contributed by atoms with van der Waals surface area (Å²) in [5.74, 6) is -0.105. The predicted molar refractivity (Wildman–Crippen MR) is 96.2 cm³/mol. The average Bonchev–Trinajstić information content (AvgIpc) is 2.99. The molecule has 0 spiro atoms. The fourth-order valence-electron chi connectivity index (χ4n) is 2.40. The monoisotopic (exact) mass is 328 g/mol. The number of nitrogens with one attached hydrogen (secondary N) is 1. The Morgan fingerprint density at radius 2 is 1.95 bits per heavy atom. The van der Waals surface area contributed by atoms with Crippen LogP contribution in [-0.4, -0.2) is 11.0 Å². The molecule has 2 aromatic rings. The average molecular weight is 328 g/mol. The van der Waals surface area contributed by atoms with Crippen molar-refractivity contribution < 1.29 is 4.79 Å². The van der Waals surface area contributed by atoms with Crippen molar-refractivity contribution in [1.29, 1.82) is 0 Å². The van der Waals surface area contributed by atoms with Crippen molar-refractivity contribution in [1.82, 2.24) is 5.32 Å². The molecule has 1 aliphatic rings. The molecule has 0 atom stereocenters. The zero-order chi connectivity index (χ0) is 15.9. The lowest BCUT2D eigenvalue weighted by atomic mass is 10.1. The van der Waals surface area contributed by atoms with E-state index in [4.69, 9.17) is 12.2 Å². The summed E-state index contributed by atoms with van der Waals surface area (Å²) in [4.78, 5) is 15.4. The van der Waals surface area contributed by atoms with Crippen molar-refractivity contribution in [3.63, 3.8) is 0 Å². The Morgan fingerprint density at radius 3 is 2.64 bits per heavy atom. The molecule has 1 aromatic carbocycles. The molecule has 1 aromatic heterocycles. The number of hydrogen-bond acceptors (Lipinski definition) is 3. The number of rotatable bonds is 2. The Labute approximate surface area is 139 Å². The molecule has 1 saturated heterocycles. The first kappa shape index (κ1) is 14.9. The van der Waals surface area contributed by atoms with Crippen LogP contribution >= 0.6 is 23.6 Å². The van der Waals surface area contributed by atoms with Gasteiger partial charge in [0.25, 0.3) is 5.91 Å². The van der Waals surface area contributed by atoms with Gasteiger partial charge in [-0.25, -0.2) is 0 Å². The number of carbonyl (C=O) groups excluding carboxylic acids is 1. The Morgan fingerprint density at radius 1 is 1.18 bits per heavy atom. The van der Waals surface area contributed by atoms with E-state index < -0.39 is 0 Å². The van der Waals surface area contributed by atoms with E-state index in [-0.39, 0.29) is 5.91 Å². The molecule has 3 rings (SSSR count). The van der Waals surface area contributed by atoms with Gasteiger partial charge < -0.3 is 5.32 Å². The van der Waals surface area contributed by atoms with Gasteiger partial charge in [0.05, 0.1) is 5.69 Å². The van der Waals surface area contributed by atoms with Gasteiger partial charge >= 0.3 is 0 Å². The molecule has 0 saturated carbocycles. The molecule has 3 nitrogen and oxygen atoms in total. The van der Waals surface area contributed by atoms with E-state index in [1.807, 2.05) is 56.5 Å². The highest BCUT2D eigenvalue weighted by atomic mass is 32.1. The number of carbonyl (C=O) groups is 1. The first-order chi connectivity index (χ1) is 10.5. The van der Waals surface area contributed by atoms with Gasteiger partial charge in [-0.1, -0.05) is 12.1 Å². The van der Waals surface area contributed by atoms with Gasteiger partial charge in [0.2, 0.25) is 0 Å². The van der Waals surface area contributed by atoms with Crippen LogP contribution in [0.2, 0.25) is 0 Å². The van der Waals surface area contributed by atoms with Crippen molar-refractivity contribution in [3.05, 3.63) is 56.9 Å². The quantitative estimate of drug-likeness (QED) is 0.669. The van der Waals surface area contributed by atoms with Crippen LogP contribution in [0.4, 0.5) is 5.69 Å². The number of thiocarbonyl (C=S) groups is 1. The topological polar surface area (TPSA) is 32.3 Å². The number of anilines is 1. The summed E-state index contributed by atoms with van der Waals surface area (Å²) in [6.07, 6.45) is 1.87. The summed E-state index contributed by atoms with van der Waals surface area (Å²) in [6, 6.07) is 7.94. The highest BCUT2D eigenvalue weighted by Gasteiger charge is 2.33. The third-order valence-electron chi connectivity index (χ3n) is 3.87. The van der Waals surface area contributed by atoms with Crippen LogP contribution in [-0.2, 0) is 4.79 Å². The van der Waals surface area contributed by atoms with Gasteiger partial charge in [-0.15, -0.1) is 11.3 Å². The van der Waals surface area contributed by atoms with Gasteiger partial charge in [-0.2, -0.15) is 0 Å². The normalized spacial score (nSPS) is 16.5. The van der Waals surface area contributed by atoms with Crippen molar-refractivity contribution in [3.8, 4) is 0 Å². The molecule has 0 unspecified atom stereocenters. The highest BCUT2D eigenvalue weighted by Crippen LogP contribution is 2.28. The predicted octanol–water partition coefficient (Wildman–Crippen LogP) is 3.94. The van der Waals surface area contributed by atoms with Crippen LogP contribution in [0.15, 0.2) is 35.3 Å². The van der Waals surface area contributed by atoms with E-state index in [0.29, 0.717) is 10.8 Å². The molecule has 1 aliphatic heterocycles. The number of hydrogen-bond donors (Lipinski definition) is 1. The second-order valence-corrected chi connectivity index (χ2v) is 6.65. The molecule has 1 N–H and O–H groups in total. The number of thiophene rings is 1. The Hall–Kier alpha value is -1.98. The highest BCUT2D eigenvalue weighted by molar-refractivity contribution is 7.80. The lowest BCUT2D eigenvalue weighted by Gasteiger charge is -2.17. The van der Waals surface area contributed by atoms with Crippen LogP contribution in [0.1, 0.15) is 21.6 Å². The molecule has 0 radical (unpaired) electrons. The summed E-state index contributed by atoms with van der Waals surface area (Å²) in [5.41, 5.74) is 4.72. The second kappa shape index (κ2) is 5.66. The maximum Gasteiger partial charge on any atom is 0.281 e. The number of benzene rings is 1. The molecule has 22 heavy (non-hydrogen) atoms. The Kier molecular flexibility index (Phi) is 3.85. The SMILES string of the molecule is Cc1ccsc1/C=C1\NC(=S)N(c2cccc(C)c2C)C1=O. The molecule has 0 aliphatic carbocycles. The largest absolute Gasteiger partial charge is 0.327 e. The summed E-state index contributed by atoms with van der Waals surface area (Å²) >= 11 is 6.98. The Balaban J connectivity index is 2.01. The zero-order valence-electron chi connectivity index (χ0n) is 12.6. The molecule has 1 amide bonds. The maximum absolute atomic E-state index is 12.7. The third-order valence-corrected chi connectivity index (χ3v) is 5.12. The van der Waals surface area contributed by atoms with Crippen LogP contribution in [0.5, 0.6) is 0 Å². The van der Waals surface area contributed by atoms with Crippen LogP contribution in [0, 0.1) is 20.8 Å². The van der Waals surface area contributed by atoms with Gasteiger partial charge in [0.1, 0.15) is 5.70 Å². The van der Waals surface area contributed by atoms with Gasteiger partial charge in [0.15, 0.2) is 5.11 Å². The summed E-state index contributed by atoms with van der Waals surface area (Å²) in [5, 5.41) is 5.49. The first-order valence-electron chi connectivity index (χ1n) is 6.96. The van der Waals surface area contributed by atoms with E-state index in [1.165, 1.54) is 0 Å². The van der Waals surface area contributed by atoms with Crippen molar-refractivity contribution >= 4 is 46.3 Å². The van der Waals surface area contributed by atoms with Gasteiger partial charge in [-0.3, -0.25) is 9.69 Å². The molecular weight excluding hydrogens is 312 g/mol. The first-order valence-corrected chi connectivity index (χ1v) is 8.25. The summed E-state index contributed by atoms with van der Waals surface area (Å²) < 4.78 is 0. The maximum atomic E-state index is 12.7. The van der Waals surface area contributed by atoms with Crippen molar-refractivity contribution in [2.75, 3.05) is 4.90 Å². The molecule has 5 heteroatoms. The number of amides is 1. The van der Waals surface area contributed by atoms with Crippen molar-refractivity contribution in [2.45, 2.75) is 20.8 Å². The fourth-order valence-corrected chi connectivity index (χ4v) is 3.54. The minimum absolute atomic E-state index is 0.105. The summed E-state index contributed by atoms with van der Waals surface area (Å²) in [7, 11) is 0. The summed E-state index contributed by atoms with van der Waals surface area (Å²) in [6.45, 7) is 6.07. The third kappa shape index (κ3) is 2.46. The Bertz CT molecular complexity index is 805. The fraction of sp³-hybridized carbons (Fsp3) is 0.176. The number of nitrogens with zero attached hydrogens (tertiary/aromatic N) is 1. The minimum atomic E-state index is -0.105. The van der Waals surface area contributed by atoms with E-state index >= 15 is 0 Å². The van der Waals surface area contributed by atoms with E-state index in [2.05, 4.69) is 5.32 Å². The van der Waals surface area contributed by atoms with Crippen molar-refractivity contribution in [2.24, 2.45) is 0 Å². The molecule has 1 fully saturated rings. The number of aryl methyl sites for hydroxylation is 2. The molecular formula is C17H16N2OS2. The van der Waals surface area contributed by atoms with Gasteiger partial charge in [0, 0.05) is 4.88 Å². The smallest absolute Gasteiger partial charge is 0.281 e. The molecule has 112 valence electrons. The molecule has 2 heterocycles. The zero-order valence-corrected chi connectivity index (χ0v) is 14.3. The van der Waals surface area contributed by atoms with Crippen LogP contribution in [0.25, 0.3) is 6.08 Å².